The molecule has 1 rings (SSSR count). The van der Waals surface area contributed by atoms with Gasteiger partial charge in [0.1, 0.15) is 0 Å². The third-order valence-corrected chi connectivity index (χ3v) is 1.67. The van der Waals surface area contributed by atoms with Gasteiger partial charge in [-0.15, -0.1) is 0 Å². The summed E-state index contributed by atoms with van der Waals surface area (Å²) in [5.41, 5.74) is 7.76. The van der Waals surface area contributed by atoms with Crippen molar-refractivity contribution in [1.82, 2.24) is 10.9 Å². The largest absolute Gasteiger partial charge is 0.325 e. The molecule has 0 aromatic rings. The van der Waals surface area contributed by atoms with Gasteiger partial charge in [-0.1, -0.05) is 13.8 Å². The molecule has 0 unspecified atom stereocenters. The van der Waals surface area contributed by atoms with Crippen molar-refractivity contribution < 1.29 is 0 Å². The van der Waals surface area contributed by atoms with E-state index in [4.69, 9.17) is 0 Å². The van der Waals surface area contributed by atoms with Crippen molar-refractivity contribution in [2.24, 2.45) is 5.92 Å². The maximum absolute atomic E-state index is 3.18. The first-order valence-electron chi connectivity index (χ1n) is 3.77. The highest BCUT2D eigenvalue weighted by Crippen LogP contribution is 2.17. The van der Waals surface area contributed by atoms with Gasteiger partial charge in [0.2, 0.25) is 0 Å². The Morgan fingerprint density at radius 1 is 1.40 bits per heavy atom. The molecule has 0 saturated carbocycles. The molecule has 2 heteroatoms. The molecular weight excluding hydrogens is 124 g/mol. The Bertz CT molecular complexity index is 157. The molecule has 0 aromatic heterocycles. The topological polar surface area (TPSA) is 24.1 Å². The van der Waals surface area contributed by atoms with Crippen LogP contribution in [0.2, 0.25) is 0 Å². The van der Waals surface area contributed by atoms with E-state index in [1.54, 1.807) is 0 Å². The standard InChI is InChI=1S/C8H16N2/c1-6(2)7-5-8(3,4)10-9-7/h5-6,9-10H,1-4H3. The summed E-state index contributed by atoms with van der Waals surface area (Å²) in [4.78, 5) is 0. The highest BCUT2D eigenvalue weighted by atomic mass is 15.4. The van der Waals surface area contributed by atoms with Crippen LogP contribution < -0.4 is 10.9 Å². The van der Waals surface area contributed by atoms with Crippen LogP contribution in [0.25, 0.3) is 0 Å². The molecule has 2 nitrogen and oxygen atoms in total. The first kappa shape index (κ1) is 7.61. The summed E-state index contributed by atoms with van der Waals surface area (Å²) in [5.74, 6) is 0.592. The fourth-order valence-corrected chi connectivity index (χ4v) is 1.01. The normalized spacial score (nSPS) is 22.7. The van der Waals surface area contributed by atoms with Crippen LogP contribution in [0.15, 0.2) is 11.8 Å². The number of hydrazine groups is 1. The van der Waals surface area contributed by atoms with Crippen LogP contribution in [0.1, 0.15) is 27.7 Å². The predicted molar refractivity (Wildman–Crippen MR) is 43.3 cm³/mol. The number of allylic oxidation sites excluding steroid dienone is 1. The lowest BCUT2D eigenvalue weighted by Crippen LogP contribution is -2.39. The molecule has 0 atom stereocenters. The van der Waals surface area contributed by atoms with Gasteiger partial charge >= 0.3 is 0 Å². The minimum atomic E-state index is 0.125. The third kappa shape index (κ3) is 1.51. The molecule has 0 aromatic carbocycles. The number of hydrogen-bond donors (Lipinski definition) is 2. The van der Waals surface area contributed by atoms with E-state index in [-0.39, 0.29) is 5.54 Å². The first-order valence-corrected chi connectivity index (χ1v) is 3.77. The molecular formula is C8H16N2. The van der Waals surface area contributed by atoms with Crippen molar-refractivity contribution in [2.45, 2.75) is 33.2 Å². The van der Waals surface area contributed by atoms with E-state index in [0.717, 1.165) is 0 Å². The van der Waals surface area contributed by atoms with Crippen LogP contribution in [0.4, 0.5) is 0 Å². The molecule has 0 radical (unpaired) electrons. The van der Waals surface area contributed by atoms with E-state index in [0.29, 0.717) is 5.92 Å². The maximum Gasteiger partial charge on any atom is 0.0514 e. The molecule has 1 aliphatic rings. The zero-order valence-electron chi connectivity index (χ0n) is 7.15. The SMILES string of the molecule is CC(C)C1=CC(C)(C)NN1. The molecule has 58 valence electrons. The smallest absolute Gasteiger partial charge is 0.0514 e. The molecule has 0 bridgehead atoms. The van der Waals surface area contributed by atoms with E-state index in [9.17, 15) is 0 Å². The Labute approximate surface area is 62.7 Å². The lowest BCUT2D eigenvalue weighted by atomic mass is 10.0. The first-order chi connectivity index (χ1) is 4.51. The van der Waals surface area contributed by atoms with Crippen molar-refractivity contribution in [3.05, 3.63) is 11.8 Å². The summed E-state index contributed by atoms with van der Waals surface area (Å²) in [6.07, 6.45) is 2.23. The quantitative estimate of drug-likeness (QED) is 0.575. The van der Waals surface area contributed by atoms with Gasteiger partial charge in [0.25, 0.3) is 0 Å². The van der Waals surface area contributed by atoms with Crippen LogP contribution in [0.5, 0.6) is 0 Å². The van der Waals surface area contributed by atoms with Crippen LogP contribution in [0.3, 0.4) is 0 Å². The summed E-state index contributed by atoms with van der Waals surface area (Å²) in [6, 6.07) is 0. The zero-order valence-corrected chi connectivity index (χ0v) is 7.15. The Hall–Kier alpha value is -0.500. The Kier molecular flexibility index (Phi) is 1.73. The van der Waals surface area contributed by atoms with Crippen molar-refractivity contribution >= 4 is 0 Å². The molecule has 10 heavy (non-hydrogen) atoms. The van der Waals surface area contributed by atoms with Crippen LogP contribution >= 0.6 is 0 Å². The Balaban J connectivity index is 2.66. The van der Waals surface area contributed by atoms with E-state index in [2.05, 4.69) is 44.6 Å². The Morgan fingerprint density at radius 3 is 2.20 bits per heavy atom. The zero-order chi connectivity index (χ0) is 7.78. The molecule has 0 fully saturated rings. The van der Waals surface area contributed by atoms with Gasteiger partial charge in [-0.05, 0) is 25.8 Å². The van der Waals surface area contributed by atoms with Gasteiger partial charge in [-0.3, -0.25) is 0 Å². The molecule has 0 amide bonds. The van der Waals surface area contributed by atoms with Crippen molar-refractivity contribution in [2.75, 3.05) is 0 Å². The van der Waals surface area contributed by atoms with E-state index < -0.39 is 0 Å². The molecule has 1 heterocycles. The molecule has 1 aliphatic heterocycles. The predicted octanol–water partition coefficient (Wildman–Crippen LogP) is 1.41. The second kappa shape index (κ2) is 2.27. The average Bonchev–Trinajstić information content (AvgIpc) is 2.10. The number of nitrogens with one attached hydrogen (secondary N) is 2. The van der Waals surface area contributed by atoms with Gasteiger partial charge in [0.05, 0.1) is 5.54 Å². The van der Waals surface area contributed by atoms with Crippen LogP contribution in [0, 0.1) is 5.92 Å². The van der Waals surface area contributed by atoms with Crippen molar-refractivity contribution in [3.8, 4) is 0 Å². The highest BCUT2D eigenvalue weighted by Gasteiger charge is 2.22. The Morgan fingerprint density at radius 2 is 2.00 bits per heavy atom. The van der Waals surface area contributed by atoms with Gasteiger partial charge < -0.3 is 5.43 Å². The molecule has 0 aliphatic carbocycles. The number of hydrogen-bond acceptors (Lipinski definition) is 2. The van der Waals surface area contributed by atoms with E-state index >= 15 is 0 Å². The minimum Gasteiger partial charge on any atom is -0.325 e. The van der Waals surface area contributed by atoms with Gasteiger partial charge in [0, 0.05) is 5.70 Å². The van der Waals surface area contributed by atoms with E-state index in [1.165, 1.54) is 5.70 Å². The molecule has 0 spiro atoms. The fraction of sp³-hybridized carbons (Fsp3) is 0.750. The fourth-order valence-electron chi connectivity index (χ4n) is 1.01. The summed E-state index contributed by atoms with van der Waals surface area (Å²) in [5, 5.41) is 0. The summed E-state index contributed by atoms with van der Waals surface area (Å²) >= 11 is 0. The van der Waals surface area contributed by atoms with Crippen molar-refractivity contribution in [3.63, 3.8) is 0 Å². The lowest BCUT2D eigenvalue weighted by Gasteiger charge is -2.13. The summed E-state index contributed by atoms with van der Waals surface area (Å²) < 4.78 is 0. The molecule has 2 N–H and O–H groups in total. The average molecular weight is 140 g/mol. The van der Waals surface area contributed by atoms with E-state index in [1.807, 2.05) is 0 Å². The summed E-state index contributed by atoms with van der Waals surface area (Å²) in [7, 11) is 0. The van der Waals surface area contributed by atoms with Gasteiger partial charge in [0.15, 0.2) is 0 Å². The van der Waals surface area contributed by atoms with Gasteiger partial charge in [-0.2, -0.15) is 0 Å². The van der Waals surface area contributed by atoms with Crippen molar-refractivity contribution in [1.29, 1.82) is 0 Å². The maximum atomic E-state index is 3.18. The van der Waals surface area contributed by atoms with Gasteiger partial charge in [-0.25, -0.2) is 5.43 Å². The molecule has 0 saturated heterocycles. The van der Waals surface area contributed by atoms with Crippen LogP contribution in [-0.4, -0.2) is 5.54 Å². The van der Waals surface area contributed by atoms with Crippen LogP contribution in [-0.2, 0) is 0 Å². The summed E-state index contributed by atoms with van der Waals surface area (Å²) in [6.45, 7) is 8.66. The highest BCUT2D eigenvalue weighted by molar-refractivity contribution is 5.16. The minimum absolute atomic E-state index is 0.125. The lowest BCUT2D eigenvalue weighted by molar-refractivity contribution is 0.460. The second-order valence-electron chi connectivity index (χ2n) is 3.73. The second-order valence-corrected chi connectivity index (χ2v) is 3.73. The number of rotatable bonds is 1. The third-order valence-electron chi connectivity index (χ3n) is 1.67. The monoisotopic (exact) mass is 140 g/mol.